The van der Waals surface area contributed by atoms with Gasteiger partial charge >= 0.3 is 0 Å². The average molecular weight is 359 g/mol. The van der Waals surface area contributed by atoms with E-state index in [0.717, 1.165) is 19.3 Å². The van der Waals surface area contributed by atoms with Crippen molar-refractivity contribution in [2.75, 3.05) is 19.7 Å². The number of hydrogen-bond donors (Lipinski definition) is 1. The van der Waals surface area contributed by atoms with Gasteiger partial charge in [-0.15, -0.1) is 0 Å². The van der Waals surface area contributed by atoms with Crippen LogP contribution in [0.5, 0.6) is 0 Å². The summed E-state index contributed by atoms with van der Waals surface area (Å²) in [7, 11) is -3.51. The fraction of sp³-hybridized carbons (Fsp3) is 0.625. The molecule has 0 saturated carbocycles. The molecule has 7 heteroatoms. The summed E-state index contributed by atoms with van der Waals surface area (Å²) in [6.07, 6.45) is 2.80. The first-order valence-corrected chi connectivity index (χ1v) is 9.89. The van der Waals surface area contributed by atoms with E-state index in [1.807, 2.05) is 6.92 Å². The molecule has 3 rings (SSSR count). The third kappa shape index (κ3) is 3.28. The number of aliphatic hydroxyl groups excluding tert-OH is 1. The minimum Gasteiger partial charge on any atom is -0.395 e. The number of piperidine rings is 1. The molecule has 2 fully saturated rings. The van der Waals surface area contributed by atoms with Crippen molar-refractivity contribution in [3.8, 4) is 0 Å². The topological polar surface area (TPSA) is 60.9 Å². The van der Waals surface area contributed by atoms with Gasteiger partial charge in [-0.1, -0.05) is 18.0 Å². The van der Waals surface area contributed by atoms with Crippen LogP contribution in [0.15, 0.2) is 29.2 Å². The minimum absolute atomic E-state index is 0.0165. The van der Waals surface area contributed by atoms with Gasteiger partial charge in [0.2, 0.25) is 10.0 Å². The lowest BCUT2D eigenvalue weighted by Gasteiger charge is -2.50. The second kappa shape index (κ2) is 6.69. The molecule has 2 saturated heterocycles. The maximum atomic E-state index is 13.1. The Bertz CT molecular complexity index is 636. The van der Waals surface area contributed by atoms with Crippen molar-refractivity contribution in [2.24, 2.45) is 0 Å². The Morgan fingerprint density at radius 1 is 1.22 bits per heavy atom. The molecule has 128 valence electrons. The van der Waals surface area contributed by atoms with Crippen LogP contribution in [-0.2, 0) is 10.0 Å². The van der Waals surface area contributed by atoms with E-state index in [0.29, 0.717) is 23.0 Å². The fourth-order valence-electron chi connectivity index (χ4n) is 3.70. The highest BCUT2D eigenvalue weighted by molar-refractivity contribution is 7.89. The molecule has 23 heavy (non-hydrogen) atoms. The number of rotatable bonds is 4. The summed E-state index contributed by atoms with van der Waals surface area (Å²) in [6.45, 7) is 3.46. The van der Waals surface area contributed by atoms with Crippen LogP contribution < -0.4 is 0 Å². The SMILES string of the molecule is C[C@H](CO)N1CC2CCCC(C1)N2S(=O)(=O)c1ccc(Cl)cc1. The summed E-state index contributed by atoms with van der Waals surface area (Å²) >= 11 is 5.87. The van der Waals surface area contributed by atoms with Crippen LogP contribution >= 0.6 is 11.6 Å². The largest absolute Gasteiger partial charge is 0.395 e. The van der Waals surface area contributed by atoms with Crippen molar-refractivity contribution < 1.29 is 13.5 Å². The molecule has 0 aliphatic carbocycles. The Balaban J connectivity index is 1.89. The maximum Gasteiger partial charge on any atom is 0.243 e. The number of sulfonamides is 1. The van der Waals surface area contributed by atoms with E-state index < -0.39 is 10.0 Å². The third-order valence-corrected chi connectivity index (χ3v) is 7.23. The summed E-state index contributed by atoms with van der Waals surface area (Å²) in [4.78, 5) is 2.52. The van der Waals surface area contributed by atoms with Crippen LogP contribution in [0.25, 0.3) is 0 Å². The average Bonchev–Trinajstić information content (AvgIpc) is 2.53. The monoisotopic (exact) mass is 358 g/mol. The van der Waals surface area contributed by atoms with Crippen molar-refractivity contribution in [3.63, 3.8) is 0 Å². The van der Waals surface area contributed by atoms with Gasteiger partial charge in [-0.25, -0.2) is 8.42 Å². The number of likely N-dealkylation sites (tertiary alicyclic amines) is 1. The van der Waals surface area contributed by atoms with Gasteiger partial charge in [-0.3, -0.25) is 4.90 Å². The van der Waals surface area contributed by atoms with Gasteiger partial charge in [0.15, 0.2) is 0 Å². The van der Waals surface area contributed by atoms with Gasteiger partial charge in [0.1, 0.15) is 0 Å². The van der Waals surface area contributed by atoms with Crippen molar-refractivity contribution in [2.45, 2.75) is 49.2 Å². The highest BCUT2D eigenvalue weighted by Gasteiger charge is 2.45. The Morgan fingerprint density at radius 2 is 1.78 bits per heavy atom. The Morgan fingerprint density at radius 3 is 2.30 bits per heavy atom. The van der Waals surface area contributed by atoms with E-state index in [1.165, 1.54) is 0 Å². The molecule has 1 N–H and O–H groups in total. The van der Waals surface area contributed by atoms with Gasteiger partial charge in [0, 0.05) is 36.2 Å². The summed E-state index contributed by atoms with van der Waals surface area (Å²) < 4.78 is 27.9. The number of benzene rings is 1. The van der Waals surface area contributed by atoms with E-state index in [2.05, 4.69) is 4.90 Å². The molecular weight excluding hydrogens is 336 g/mol. The van der Waals surface area contributed by atoms with Gasteiger partial charge < -0.3 is 5.11 Å². The van der Waals surface area contributed by atoms with Crippen LogP contribution in [0, 0.1) is 0 Å². The van der Waals surface area contributed by atoms with Crippen molar-refractivity contribution in [1.29, 1.82) is 0 Å². The number of nitrogens with zero attached hydrogens (tertiary/aromatic N) is 2. The smallest absolute Gasteiger partial charge is 0.243 e. The van der Waals surface area contributed by atoms with E-state index in [1.54, 1.807) is 28.6 Å². The van der Waals surface area contributed by atoms with Crippen molar-refractivity contribution >= 4 is 21.6 Å². The molecule has 0 aromatic heterocycles. The lowest BCUT2D eigenvalue weighted by atomic mass is 9.93. The standard InChI is InChI=1S/C16H23ClN2O3S/c1-12(11-20)18-9-14-3-2-4-15(10-18)19(14)23(21,22)16-7-5-13(17)6-8-16/h5-8,12,14-15,20H,2-4,9-11H2,1H3/t12-,14?,15?/m1/s1. The van der Waals surface area contributed by atoms with Crippen molar-refractivity contribution in [3.05, 3.63) is 29.3 Å². The van der Waals surface area contributed by atoms with E-state index in [-0.39, 0.29) is 24.7 Å². The number of halogens is 1. The van der Waals surface area contributed by atoms with Crippen LogP contribution in [0.2, 0.25) is 5.02 Å². The molecule has 5 nitrogen and oxygen atoms in total. The summed E-state index contributed by atoms with van der Waals surface area (Å²) in [5.41, 5.74) is 0. The van der Waals surface area contributed by atoms with E-state index in [4.69, 9.17) is 11.6 Å². The molecule has 1 aromatic rings. The molecule has 2 aliphatic rings. The number of aliphatic hydroxyl groups is 1. The third-order valence-electron chi connectivity index (χ3n) is 4.96. The molecule has 2 unspecified atom stereocenters. The first-order chi connectivity index (χ1) is 10.9. The Hall–Kier alpha value is -0.660. The lowest BCUT2D eigenvalue weighted by molar-refractivity contribution is 0.0151. The predicted molar refractivity (Wildman–Crippen MR) is 90.0 cm³/mol. The van der Waals surface area contributed by atoms with Crippen molar-refractivity contribution in [1.82, 2.24) is 9.21 Å². The first kappa shape index (κ1) is 17.2. The predicted octanol–water partition coefficient (Wildman–Crippen LogP) is 1.95. The Labute approximate surface area is 142 Å². The molecule has 1 aromatic carbocycles. The van der Waals surface area contributed by atoms with E-state index >= 15 is 0 Å². The second-order valence-corrected chi connectivity index (χ2v) is 8.79. The number of fused-ring (bicyclic) bond motifs is 2. The number of hydrogen-bond acceptors (Lipinski definition) is 4. The quantitative estimate of drug-likeness (QED) is 0.893. The zero-order valence-electron chi connectivity index (χ0n) is 13.2. The summed E-state index contributed by atoms with van der Waals surface area (Å²) in [5, 5.41) is 9.93. The maximum absolute atomic E-state index is 13.1. The van der Waals surface area contributed by atoms with Gasteiger partial charge in [0.25, 0.3) is 0 Å². The zero-order valence-corrected chi connectivity index (χ0v) is 14.8. The van der Waals surface area contributed by atoms with Crippen LogP contribution in [0.1, 0.15) is 26.2 Å². The second-order valence-electron chi connectivity index (χ2n) is 6.51. The molecule has 0 radical (unpaired) electrons. The zero-order chi connectivity index (χ0) is 16.6. The number of piperazine rings is 1. The minimum atomic E-state index is -3.51. The normalized spacial score (nSPS) is 27.8. The highest BCUT2D eigenvalue weighted by Crippen LogP contribution is 2.34. The van der Waals surface area contributed by atoms with Crippen LogP contribution in [0.3, 0.4) is 0 Å². The summed E-state index contributed by atoms with van der Waals surface area (Å²) in [5.74, 6) is 0. The highest BCUT2D eigenvalue weighted by atomic mass is 35.5. The molecular formula is C16H23ClN2O3S. The van der Waals surface area contributed by atoms with Crippen LogP contribution in [0.4, 0.5) is 0 Å². The molecule has 2 bridgehead atoms. The van der Waals surface area contributed by atoms with Gasteiger partial charge in [-0.05, 0) is 44.0 Å². The Kier molecular flexibility index (Phi) is 4.99. The first-order valence-electron chi connectivity index (χ1n) is 8.07. The molecule has 3 atom stereocenters. The fourth-order valence-corrected chi connectivity index (χ4v) is 5.68. The molecule has 2 heterocycles. The van der Waals surface area contributed by atoms with Gasteiger partial charge in [-0.2, -0.15) is 4.31 Å². The van der Waals surface area contributed by atoms with Crippen LogP contribution in [-0.4, -0.2) is 60.6 Å². The van der Waals surface area contributed by atoms with Gasteiger partial charge in [0.05, 0.1) is 11.5 Å². The molecule has 0 amide bonds. The summed E-state index contributed by atoms with van der Waals surface area (Å²) in [6, 6.07) is 6.43. The molecule has 2 aliphatic heterocycles. The van der Waals surface area contributed by atoms with E-state index in [9.17, 15) is 13.5 Å². The lowest BCUT2D eigenvalue weighted by Crippen LogP contribution is -2.63. The molecule has 0 spiro atoms.